The third-order valence-electron chi connectivity index (χ3n) is 3.72. The molecule has 0 aliphatic heterocycles. The Labute approximate surface area is 148 Å². The molecule has 134 valence electrons. The molecule has 2 rings (SSSR count). The zero-order chi connectivity index (χ0) is 18.6. The van der Waals surface area contributed by atoms with Crippen LogP contribution in [-0.2, 0) is 21.4 Å². The molecule has 0 saturated carbocycles. The topological polar surface area (TPSA) is 79.4 Å². The number of amides is 1. The van der Waals surface area contributed by atoms with Crippen molar-refractivity contribution in [3.63, 3.8) is 0 Å². The minimum absolute atomic E-state index is 0.245. The molecule has 1 atom stereocenters. The number of sulfonamides is 1. The first kappa shape index (κ1) is 18.9. The van der Waals surface area contributed by atoms with Gasteiger partial charge in [-0.25, -0.2) is 8.42 Å². The molecule has 2 aromatic rings. The smallest absolute Gasteiger partial charge is 0.243 e. The highest BCUT2D eigenvalue weighted by atomic mass is 32.2. The molecule has 1 unspecified atom stereocenters. The van der Waals surface area contributed by atoms with Crippen LogP contribution in [0, 0.1) is 13.8 Å². The highest BCUT2D eigenvalue weighted by Crippen LogP contribution is 2.23. The second-order valence-electron chi connectivity index (χ2n) is 6.12. The minimum Gasteiger partial charge on any atom is -0.349 e. The summed E-state index contributed by atoms with van der Waals surface area (Å²) in [4.78, 5) is 16.6. The fraction of sp³-hybridized carbons (Fsp3) is 0.333. The van der Waals surface area contributed by atoms with E-state index in [1.165, 1.54) is 0 Å². The zero-order valence-corrected chi connectivity index (χ0v) is 15.7. The van der Waals surface area contributed by atoms with Crippen molar-refractivity contribution >= 4 is 21.6 Å². The lowest BCUT2D eigenvalue weighted by atomic mass is 10.1. The van der Waals surface area contributed by atoms with Gasteiger partial charge in [0.2, 0.25) is 15.9 Å². The van der Waals surface area contributed by atoms with Crippen molar-refractivity contribution in [2.75, 3.05) is 10.6 Å². The fourth-order valence-corrected chi connectivity index (χ4v) is 3.87. The van der Waals surface area contributed by atoms with E-state index in [4.69, 9.17) is 0 Å². The number of carbonyl (C=O) groups excluding carboxylic acids is 1. The Bertz CT molecular complexity index is 831. The highest BCUT2D eigenvalue weighted by Gasteiger charge is 2.29. The lowest BCUT2D eigenvalue weighted by molar-refractivity contribution is -0.122. The van der Waals surface area contributed by atoms with Gasteiger partial charge in [0.05, 0.1) is 24.2 Å². The van der Waals surface area contributed by atoms with Gasteiger partial charge in [0, 0.05) is 6.20 Å². The average molecular weight is 361 g/mol. The van der Waals surface area contributed by atoms with Gasteiger partial charge < -0.3 is 5.32 Å². The Balaban J connectivity index is 2.24. The van der Waals surface area contributed by atoms with E-state index >= 15 is 0 Å². The summed E-state index contributed by atoms with van der Waals surface area (Å²) in [6.07, 6.45) is 2.75. The molecule has 1 amide bonds. The minimum atomic E-state index is -3.62. The number of aromatic nitrogens is 1. The van der Waals surface area contributed by atoms with E-state index in [2.05, 4.69) is 10.3 Å². The first-order valence-corrected chi connectivity index (χ1v) is 9.78. The molecule has 6 nitrogen and oxygen atoms in total. The lowest BCUT2D eigenvalue weighted by Crippen LogP contribution is -2.47. The van der Waals surface area contributed by atoms with Crippen molar-refractivity contribution in [1.82, 2.24) is 10.3 Å². The molecule has 1 N–H and O–H groups in total. The molecular formula is C18H23N3O3S. The van der Waals surface area contributed by atoms with E-state index in [1.54, 1.807) is 37.4 Å². The third kappa shape index (κ3) is 5.03. The van der Waals surface area contributed by atoms with Gasteiger partial charge >= 0.3 is 0 Å². The van der Waals surface area contributed by atoms with Crippen LogP contribution in [-0.4, -0.2) is 31.6 Å². The summed E-state index contributed by atoms with van der Waals surface area (Å²) in [7, 11) is -3.62. The molecule has 7 heteroatoms. The van der Waals surface area contributed by atoms with Gasteiger partial charge in [-0.3, -0.25) is 14.1 Å². The molecule has 0 bridgehead atoms. The van der Waals surface area contributed by atoms with Crippen molar-refractivity contribution in [2.45, 2.75) is 33.4 Å². The van der Waals surface area contributed by atoms with Crippen LogP contribution in [0.15, 0.2) is 42.6 Å². The van der Waals surface area contributed by atoms with Crippen LogP contribution >= 0.6 is 0 Å². The number of benzene rings is 1. The zero-order valence-electron chi connectivity index (χ0n) is 14.9. The summed E-state index contributed by atoms with van der Waals surface area (Å²) in [6.45, 7) is 5.60. The summed E-state index contributed by atoms with van der Waals surface area (Å²) in [6, 6.07) is 10.0. The van der Waals surface area contributed by atoms with Crippen LogP contribution < -0.4 is 9.62 Å². The van der Waals surface area contributed by atoms with Crippen LogP contribution in [0.3, 0.4) is 0 Å². The van der Waals surface area contributed by atoms with Gasteiger partial charge in [-0.05, 0) is 56.2 Å². The quantitative estimate of drug-likeness (QED) is 0.855. The predicted molar refractivity (Wildman–Crippen MR) is 98.8 cm³/mol. The lowest BCUT2D eigenvalue weighted by Gasteiger charge is -2.28. The van der Waals surface area contributed by atoms with Crippen LogP contribution in [0.4, 0.5) is 5.69 Å². The number of aryl methyl sites for hydroxylation is 2. The second kappa shape index (κ2) is 7.65. The van der Waals surface area contributed by atoms with E-state index in [1.807, 2.05) is 26.0 Å². The summed E-state index contributed by atoms with van der Waals surface area (Å²) < 4.78 is 25.8. The standard InChI is InChI=1S/C18H23N3O3S/c1-13-9-14(2)11-17(10-13)21(25(4,23)24)15(3)18(22)20-12-16-7-5-6-8-19-16/h5-11,15H,12H2,1-4H3,(H,20,22). The van der Waals surface area contributed by atoms with Crippen LogP contribution in [0.25, 0.3) is 0 Å². The van der Waals surface area contributed by atoms with Gasteiger partial charge in [-0.1, -0.05) is 12.1 Å². The molecule has 0 radical (unpaired) electrons. The maximum absolute atomic E-state index is 12.5. The van der Waals surface area contributed by atoms with Gasteiger partial charge in [0.1, 0.15) is 6.04 Å². The van der Waals surface area contributed by atoms with E-state index in [-0.39, 0.29) is 12.5 Å². The predicted octanol–water partition coefficient (Wildman–Crippen LogP) is 2.17. The molecule has 0 saturated heterocycles. The largest absolute Gasteiger partial charge is 0.349 e. The monoisotopic (exact) mass is 361 g/mol. The Morgan fingerprint density at radius 2 is 1.84 bits per heavy atom. The van der Waals surface area contributed by atoms with E-state index in [0.717, 1.165) is 21.7 Å². The van der Waals surface area contributed by atoms with Crippen LogP contribution in [0.1, 0.15) is 23.7 Å². The van der Waals surface area contributed by atoms with Gasteiger partial charge in [-0.15, -0.1) is 0 Å². The van der Waals surface area contributed by atoms with Crippen LogP contribution in [0.5, 0.6) is 0 Å². The molecule has 1 aromatic heterocycles. The molecule has 0 aliphatic rings. The summed E-state index contributed by atoms with van der Waals surface area (Å²) in [5.74, 6) is -0.379. The maximum atomic E-state index is 12.5. The average Bonchev–Trinajstić information content (AvgIpc) is 2.51. The van der Waals surface area contributed by atoms with Crippen molar-refractivity contribution in [3.05, 3.63) is 59.4 Å². The van der Waals surface area contributed by atoms with Crippen molar-refractivity contribution in [2.24, 2.45) is 0 Å². The SMILES string of the molecule is Cc1cc(C)cc(N(C(C)C(=O)NCc2ccccn2)S(C)(=O)=O)c1. The molecule has 25 heavy (non-hydrogen) atoms. The van der Waals surface area contributed by atoms with Gasteiger partial charge in [0.25, 0.3) is 0 Å². The van der Waals surface area contributed by atoms with E-state index in [0.29, 0.717) is 11.4 Å². The maximum Gasteiger partial charge on any atom is 0.243 e. The van der Waals surface area contributed by atoms with E-state index in [9.17, 15) is 13.2 Å². The number of carbonyl (C=O) groups is 1. The number of nitrogens with one attached hydrogen (secondary N) is 1. The van der Waals surface area contributed by atoms with Crippen molar-refractivity contribution in [3.8, 4) is 0 Å². The Hall–Kier alpha value is -2.41. The molecule has 0 fully saturated rings. The summed E-state index contributed by atoms with van der Waals surface area (Å²) in [5, 5.41) is 2.74. The van der Waals surface area contributed by atoms with Gasteiger partial charge in [0.15, 0.2) is 0 Å². The Morgan fingerprint density at radius 3 is 2.36 bits per heavy atom. The summed E-state index contributed by atoms with van der Waals surface area (Å²) in [5.41, 5.74) is 3.07. The molecule has 0 spiro atoms. The highest BCUT2D eigenvalue weighted by molar-refractivity contribution is 7.92. The normalized spacial score (nSPS) is 12.5. The fourth-order valence-electron chi connectivity index (χ4n) is 2.71. The number of anilines is 1. The van der Waals surface area contributed by atoms with E-state index < -0.39 is 16.1 Å². The number of hydrogen-bond acceptors (Lipinski definition) is 4. The van der Waals surface area contributed by atoms with Gasteiger partial charge in [-0.2, -0.15) is 0 Å². The van der Waals surface area contributed by atoms with Crippen molar-refractivity contribution < 1.29 is 13.2 Å². The molecule has 1 aromatic carbocycles. The van der Waals surface area contributed by atoms with Crippen molar-refractivity contribution in [1.29, 1.82) is 0 Å². The number of hydrogen-bond donors (Lipinski definition) is 1. The number of rotatable bonds is 6. The van der Waals surface area contributed by atoms with Crippen LogP contribution in [0.2, 0.25) is 0 Å². The Morgan fingerprint density at radius 1 is 1.20 bits per heavy atom. The molecule has 0 aliphatic carbocycles. The molecular weight excluding hydrogens is 338 g/mol. The number of pyridine rings is 1. The first-order valence-electron chi connectivity index (χ1n) is 7.94. The Kier molecular flexibility index (Phi) is 5.79. The number of nitrogens with zero attached hydrogens (tertiary/aromatic N) is 2. The summed E-state index contributed by atoms with van der Waals surface area (Å²) >= 11 is 0. The second-order valence-corrected chi connectivity index (χ2v) is 7.98. The molecule has 1 heterocycles. The third-order valence-corrected chi connectivity index (χ3v) is 4.96. The first-order chi connectivity index (χ1) is 11.7.